The van der Waals surface area contributed by atoms with Crippen LogP contribution in [-0.2, 0) is 12.8 Å². The van der Waals surface area contributed by atoms with Crippen LogP contribution in [-0.4, -0.2) is 7.05 Å². The van der Waals surface area contributed by atoms with Crippen LogP contribution in [0.4, 0.5) is 5.69 Å². The van der Waals surface area contributed by atoms with E-state index in [1.165, 1.54) is 108 Å². The Balaban J connectivity index is 2.35. The van der Waals surface area contributed by atoms with Crippen LogP contribution >= 0.6 is 0 Å². The zero-order valence-corrected chi connectivity index (χ0v) is 18.0. The number of nitrogens with one attached hydrogen (secondary N) is 1. The molecule has 0 spiro atoms. The van der Waals surface area contributed by atoms with E-state index in [1.54, 1.807) is 11.1 Å². The minimum absolute atomic E-state index is 1.25. The highest BCUT2D eigenvalue weighted by atomic mass is 14.8. The van der Waals surface area contributed by atoms with Gasteiger partial charge in [0.2, 0.25) is 0 Å². The third kappa shape index (κ3) is 10.2. The molecule has 0 saturated heterocycles. The van der Waals surface area contributed by atoms with Gasteiger partial charge in [-0.3, -0.25) is 0 Å². The number of rotatable bonds is 17. The smallest absolute Gasteiger partial charge is 0.0372 e. The number of benzene rings is 1. The predicted octanol–water partition coefficient (Wildman–Crippen LogP) is 8.31. The first-order chi connectivity index (χ1) is 12.8. The van der Waals surface area contributed by atoms with Crippen molar-refractivity contribution in [3.8, 4) is 0 Å². The molecular formula is C25H45N. The maximum Gasteiger partial charge on any atom is 0.0372 e. The van der Waals surface area contributed by atoms with Crippen molar-refractivity contribution in [1.29, 1.82) is 0 Å². The minimum atomic E-state index is 1.25. The summed E-state index contributed by atoms with van der Waals surface area (Å²) in [5.41, 5.74) is 4.54. The summed E-state index contributed by atoms with van der Waals surface area (Å²) in [5.74, 6) is 0. The molecule has 1 aromatic rings. The Morgan fingerprint density at radius 2 is 1.12 bits per heavy atom. The Bertz CT molecular complexity index is 438. The number of anilines is 1. The molecule has 26 heavy (non-hydrogen) atoms. The third-order valence-electron chi connectivity index (χ3n) is 5.62. The van der Waals surface area contributed by atoms with Gasteiger partial charge >= 0.3 is 0 Å². The van der Waals surface area contributed by atoms with Crippen molar-refractivity contribution in [2.45, 2.75) is 117 Å². The summed E-state index contributed by atoms with van der Waals surface area (Å²) in [4.78, 5) is 0. The summed E-state index contributed by atoms with van der Waals surface area (Å²) >= 11 is 0. The lowest BCUT2D eigenvalue weighted by molar-refractivity contribution is 0.583. The number of hydrogen-bond acceptors (Lipinski definition) is 1. The summed E-state index contributed by atoms with van der Waals surface area (Å²) in [6, 6.07) is 6.86. The molecule has 0 heterocycles. The average Bonchev–Trinajstić information content (AvgIpc) is 2.67. The Hall–Kier alpha value is -0.980. The van der Waals surface area contributed by atoms with Gasteiger partial charge in [0.25, 0.3) is 0 Å². The standard InChI is InChI=1S/C25H45N/c1-4-6-8-10-12-14-16-19-23-20-18-22-25(26-3)24(23)21-17-15-13-11-9-7-5-2/h18,20,22,26H,4-17,19,21H2,1-3H3. The lowest BCUT2D eigenvalue weighted by atomic mass is 9.94. The molecule has 0 atom stereocenters. The van der Waals surface area contributed by atoms with Gasteiger partial charge in [0.05, 0.1) is 0 Å². The van der Waals surface area contributed by atoms with E-state index < -0.39 is 0 Å². The van der Waals surface area contributed by atoms with Crippen LogP contribution in [0.2, 0.25) is 0 Å². The van der Waals surface area contributed by atoms with E-state index in [0.29, 0.717) is 0 Å². The highest BCUT2D eigenvalue weighted by molar-refractivity contribution is 5.54. The predicted molar refractivity (Wildman–Crippen MR) is 119 cm³/mol. The van der Waals surface area contributed by atoms with Crippen LogP contribution in [0.15, 0.2) is 18.2 Å². The normalized spacial score (nSPS) is 11.0. The highest BCUT2D eigenvalue weighted by Crippen LogP contribution is 2.24. The van der Waals surface area contributed by atoms with Gasteiger partial charge in [-0.2, -0.15) is 0 Å². The van der Waals surface area contributed by atoms with E-state index >= 15 is 0 Å². The summed E-state index contributed by atoms with van der Waals surface area (Å²) in [6.07, 6.45) is 22.0. The summed E-state index contributed by atoms with van der Waals surface area (Å²) < 4.78 is 0. The molecule has 1 rings (SSSR count). The first-order valence-electron chi connectivity index (χ1n) is 11.6. The fourth-order valence-corrected chi connectivity index (χ4v) is 3.93. The van der Waals surface area contributed by atoms with Crippen molar-refractivity contribution < 1.29 is 0 Å². The van der Waals surface area contributed by atoms with Crippen molar-refractivity contribution in [3.05, 3.63) is 29.3 Å². The van der Waals surface area contributed by atoms with E-state index in [0.717, 1.165) is 0 Å². The second-order valence-electron chi connectivity index (χ2n) is 7.94. The first-order valence-corrected chi connectivity index (χ1v) is 11.6. The maximum atomic E-state index is 3.43. The van der Waals surface area contributed by atoms with Gasteiger partial charge in [-0.15, -0.1) is 0 Å². The zero-order valence-electron chi connectivity index (χ0n) is 18.0. The van der Waals surface area contributed by atoms with Crippen LogP contribution < -0.4 is 5.32 Å². The second kappa shape index (κ2) is 16.2. The highest BCUT2D eigenvalue weighted by Gasteiger charge is 2.07. The Labute approximate surface area is 164 Å². The molecule has 0 radical (unpaired) electrons. The van der Waals surface area contributed by atoms with E-state index in [9.17, 15) is 0 Å². The number of hydrogen-bond donors (Lipinski definition) is 1. The zero-order chi connectivity index (χ0) is 18.9. The van der Waals surface area contributed by atoms with Gasteiger partial charge in [-0.05, 0) is 42.9 Å². The Morgan fingerprint density at radius 3 is 1.65 bits per heavy atom. The molecule has 0 bridgehead atoms. The first kappa shape index (κ1) is 23.1. The van der Waals surface area contributed by atoms with E-state index in [2.05, 4.69) is 44.4 Å². The van der Waals surface area contributed by atoms with Crippen molar-refractivity contribution in [3.63, 3.8) is 0 Å². The van der Waals surface area contributed by atoms with Crippen LogP contribution in [0.5, 0.6) is 0 Å². The number of aryl methyl sites for hydroxylation is 1. The Morgan fingerprint density at radius 1 is 0.615 bits per heavy atom. The molecule has 0 amide bonds. The van der Waals surface area contributed by atoms with Crippen molar-refractivity contribution >= 4 is 5.69 Å². The van der Waals surface area contributed by atoms with Crippen LogP contribution in [0.25, 0.3) is 0 Å². The summed E-state index contributed by atoms with van der Waals surface area (Å²) in [6.45, 7) is 4.59. The molecular weight excluding hydrogens is 314 g/mol. The SMILES string of the molecule is CCCCCCCCCc1cccc(NC)c1CCCCCCCCC. The van der Waals surface area contributed by atoms with Gasteiger partial charge in [0.1, 0.15) is 0 Å². The fraction of sp³-hybridized carbons (Fsp3) is 0.760. The van der Waals surface area contributed by atoms with Gasteiger partial charge < -0.3 is 5.32 Å². The quantitative estimate of drug-likeness (QED) is 0.276. The van der Waals surface area contributed by atoms with Crippen molar-refractivity contribution in [2.75, 3.05) is 12.4 Å². The largest absolute Gasteiger partial charge is 0.388 e. The maximum absolute atomic E-state index is 3.43. The second-order valence-corrected chi connectivity index (χ2v) is 7.94. The monoisotopic (exact) mass is 359 g/mol. The van der Waals surface area contributed by atoms with E-state index in [-0.39, 0.29) is 0 Å². The molecule has 1 nitrogen and oxygen atoms in total. The Kier molecular flexibility index (Phi) is 14.4. The third-order valence-corrected chi connectivity index (χ3v) is 5.62. The van der Waals surface area contributed by atoms with Crippen LogP contribution in [0.1, 0.15) is 115 Å². The summed E-state index contributed by atoms with van der Waals surface area (Å²) in [5, 5.41) is 3.43. The molecule has 0 aromatic heterocycles. The summed E-state index contributed by atoms with van der Waals surface area (Å²) in [7, 11) is 2.07. The average molecular weight is 360 g/mol. The van der Waals surface area contributed by atoms with E-state index in [4.69, 9.17) is 0 Å². The van der Waals surface area contributed by atoms with Crippen molar-refractivity contribution in [2.24, 2.45) is 0 Å². The van der Waals surface area contributed by atoms with Crippen molar-refractivity contribution in [1.82, 2.24) is 0 Å². The molecule has 0 aliphatic rings. The molecule has 0 saturated carbocycles. The van der Waals surface area contributed by atoms with Gasteiger partial charge in [-0.25, -0.2) is 0 Å². The molecule has 150 valence electrons. The molecule has 0 aliphatic carbocycles. The molecule has 1 N–H and O–H groups in total. The lowest BCUT2D eigenvalue weighted by Gasteiger charge is -2.15. The van der Waals surface area contributed by atoms with Gasteiger partial charge in [-0.1, -0.05) is 103 Å². The molecule has 1 heteroatoms. The molecule has 0 fully saturated rings. The number of unbranched alkanes of at least 4 members (excludes halogenated alkanes) is 12. The topological polar surface area (TPSA) is 12.0 Å². The molecule has 0 unspecified atom stereocenters. The lowest BCUT2D eigenvalue weighted by Crippen LogP contribution is -2.01. The molecule has 0 aliphatic heterocycles. The minimum Gasteiger partial charge on any atom is -0.388 e. The van der Waals surface area contributed by atoms with Crippen LogP contribution in [0.3, 0.4) is 0 Å². The fourth-order valence-electron chi connectivity index (χ4n) is 3.93. The van der Waals surface area contributed by atoms with Crippen LogP contribution in [0, 0.1) is 0 Å². The van der Waals surface area contributed by atoms with Gasteiger partial charge in [0.15, 0.2) is 0 Å². The van der Waals surface area contributed by atoms with Gasteiger partial charge in [0, 0.05) is 12.7 Å². The van der Waals surface area contributed by atoms with E-state index in [1.807, 2.05) is 0 Å². The molecule has 1 aromatic carbocycles.